The molecule has 0 radical (unpaired) electrons. The summed E-state index contributed by atoms with van der Waals surface area (Å²) in [5.74, 6) is 0. The van der Waals surface area contributed by atoms with Crippen LogP contribution in [0.4, 0.5) is 0 Å². The molecule has 4 heteroatoms. The molecule has 1 aliphatic rings. The van der Waals surface area contributed by atoms with E-state index in [1.807, 2.05) is 12.4 Å². The minimum absolute atomic E-state index is 0.339. The molecular weight excluding hydrogens is 400 g/mol. The van der Waals surface area contributed by atoms with Gasteiger partial charge in [-0.25, -0.2) is 0 Å². The van der Waals surface area contributed by atoms with Crippen LogP contribution in [-0.2, 0) is 17.8 Å². The zero-order chi connectivity index (χ0) is 18.6. The zero-order valence-corrected chi connectivity index (χ0v) is 17.3. The number of ether oxygens (including phenoxy) is 1. The zero-order valence-electron chi connectivity index (χ0n) is 15.7. The molecule has 4 rings (SSSR count). The van der Waals surface area contributed by atoms with Crippen LogP contribution in [0.15, 0.2) is 59.3 Å². The van der Waals surface area contributed by atoms with Crippen molar-refractivity contribution in [1.29, 1.82) is 0 Å². The van der Waals surface area contributed by atoms with Crippen molar-refractivity contribution in [3.05, 3.63) is 76.0 Å². The predicted octanol–water partition coefficient (Wildman–Crippen LogP) is 5.49. The Bertz CT molecular complexity index is 916. The van der Waals surface area contributed by atoms with E-state index in [4.69, 9.17) is 4.74 Å². The normalized spacial score (nSPS) is 17.1. The smallest absolute Gasteiger partial charge is 0.0703 e. The highest BCUT2D eigenvalue weighted by molar-refractivity contribution is 9.10. The standard InChI is InChI=1S/C23H25BrN2O/c1-17-7-8-20(23(24)12-17)15-26(16-21-6-3-11-27-21)14-19-5-2-4-18-13-25-10-9-22(18)19/h2,4-5,7-10,12-13,21H,3,6,11,14-16H2,1H3. The molecule has 3 aromatic rings. The quantitative estimate of drug-likeness (QED) is 0.523. The second kappa shape index (κ2) is 8.51. The third-order valence-electron chi connectivity index (χ3n) is 5.25. The summed E-state index contributed by atoms with van der Waals surface area (Å²) < 4.78 is 7.11. The average molecular weight is 425 g/mol. The summed E-state index contributed by atoms with van der Waals surface area (Å²) in [5, 5.41) is 2.48. The van der Waals surface area contributed by atoms with Crippen molar-refractivity contribution in [2.75, 3.05) is 13.2 Å². The van der Waals surface area contributed by atoms with Gasteiger partial charge in [0, 0.05) is 48.5 Å². The molecule has 27 heavy (non-hydrogen) atoms. The molecule has 2 aromatic carbocycles. The van der Waals surface area contributed by atoms with Crippen molar-refractivity contribution in [2.24, 2.45) is 0 Å². The van der Waals surface area contributed by atoms with Crippen molar-refractivity contribution in [1.82, 2.24) is 9.88 Å². The lowest BCUT2D eigenvalue weighted by Gasteiger charge is -2.26. The van der Waals surface area contributed by atoms with E-state index in [0.29, 0.717) is 6.10 Å². The lowest BCUT2D eigenvalue weighted by Crippen LogP contribution is -2.31. The molecule has 1 unspecified atom stereocenters. The first kappa shape index (κ1) is 18.6. The Kier molecular flexibility index (Phi) is 5.86. The maximum Gasteiger partial charge on any atom is 0.0703 e. The van der Waals surface area contributed by atoms with Crippen molar-refractivity contribution in [2.45, 2.75) is 39.0 Å². The van der Waals surface area contributed by atoms with Crippen LogP contribution < -0.4 is 0 Å². The van der Waals surface area contributed by atoms with Crippen LogP contribution >= 0.6 is 15.9 Å². The number of aryl methyl sites for hydroxylation is 1. The Morgan fingerprint density at radius 3 is 2.85 bits per heavy atom. The van der Waals surface area contributed by atoms with Crippen LogP contribution in [0.5, 0.6) is 0 Å². The average Bonchev–Trinajstić information content (AvgIpc) is 3.17. The molecule has 1 atom stereocenters. The molecule has 1 saturated heterocycles. The number of rotatable bonds is 6. The molecule has 1 fully saturated rings. The summed E-state index contributed by atoms with van der Waals surface area (Å²) in [4.78, 5) is 6.78. The number of halogens is 1. The lowest BCUT2D eigenvalue weighted by molar-refractivity contribution is 0.0680. The van der Waals surface area contributed by atoms with Crippen molar-refractivity contribution in [3.8, 4) is 0 Å². The van der Waals surface area contributed by atoms with E-state index in [1.54, 1.807) is 0 Å². The molecule has 140 valence electrons. The lowest BCUT2D eigenvalue weighted by atomic mass is 10.1. The Balaban J connectivity index is 1.60. The fraction of sp³-hybridized carbons (Fsp3) is 0.348. The minimum Gasteiger partial charge on any atom is -0.377 e. The summed E-state index contributed by atoms with van der Waals surface area (Å²) in [5.41, 5.74) is 3.94. The van der Waals surface area contributed by atoms with Crippen LogP contribution in [0.25, 0.3) is 10.8 Å². The number of pyridine rings is 1. The van der Waals surface area contributed by atoms with E-state index >= 15 is 0 Å². The number of fused-ring (bicyclic) bond motifs is 1. The highest BCUT2D eigenvalue weighted by Crippen LogP contribution is 2.25. The van der Waals surface area contributed by atoms with E-state index in [-0.39, 0.29) is 0 Å². The number of benzene rings is 2. The van der Waals surface area contributed by atoms with Crippen molar-refractivity contribution in [3.63, 3.8) is 0 Å². The topological polar surface area (TPSA) is 25.4 Å². The molecule has 0 aliphatic carbocycles. The summed E-state index contributed by atoms with van der Waals surface area (Å²) in [7, 11) is 0. The van der Waals surface area contributed by atoms with E-state index in [0.717, 1.165) is 32.7 Å². The van der Waals surface area contributed by atoms with Gasteiger partial charge in [-0.3, -0.25) is 9.88 Å². The molecule has 2 heterocycles. The third kappa shape index (κ3) is 4.57. The first-order chi connectivity index (χ1) is 13.2. The van der Waals surface area contributed by atoms with Gasteiger partial charge in [0.15, 0.2) is 0 Å². The van der Waals surface area contributed by atoms with Gasteiger partial charge in [0.25, 0.3) is 0 Å². The number of nitrogens with zero attached hydrogens (tertiary/aromatic N) is 2. The molecule has 0 bridgehead atoms. The van der Waals surface area contributed by atoms with Crippen LogP contribution in [0.1, 0.15) is 29.5 Å². The Hall–Kier alpha value is -1.75. The highest BCUT2D eigenvalue weighted by Gasteiger charge is 2.20. The molecule has 0 amide bonds. The van der Waals surface area contributed by atoms with Gasteiger partial charge in [-0.05, 0) is 54.0 Å². The molecule has 0 saturated carbocycles. The highest BCUT2D eigenvalue weighted by atomic mass is 79.9. The van der Waals surface area contributed by atoms with Crippen molar-refractivity contribution >= 4 is 26.7 Å². The fourth-order valence-corrected chi connectivity index (χ4v) is 4.47. The van der Waals surface area contributed by atoms with Gasteiger partial charge >= 0.3 is 0 Å². The van der Waals surface area contributed by atoms with Crippen LogP contribution in [0.3, 0.4) is 0 Å². The largest absolute Gasteiger partial charge is 0.377 e. The molecular formula is C23H25BrN2O. The van der Waals surface area contributed by atoms with E-state index < -0.39 is 0 Å². The molecule has 1 aliphatic heterocycles. The van der Waals surface area contributed by atoms with E-state index in [2.05, 4.69) is 75.2 Å². The predicted molar refractivity (Wildman–Crippen MR) is 114 cm³/mol. The molecule has 0 N–H and O–H groups in total. The summed E-state index contributed by atoms with van der Waals surface area (Å²) in [6.07, 6.45) is 6.50. The van der Waals surface area contributed by atoms with Crippen LogP contribution in [0.2, 0.25) is 0 Å². The van der Waals surface area contributed by atoms with Gasteiger partial charge in [-0.2, -0.15) is 0 Å². The monoisotopic (exact) mass is 424 g/mol. The first-order valence-corrected chi connectivity index (χ1v) is 10.4. The number of aromatic nitrogens is 1. The second-order valence-corrected chi connectivity index (χ2v) is 8.27. The van der Waals surface area contributed by atoms with E-state index in [9.17, 15) is 0 Å². The van der Waals surface area contributed by atoms with Crippen molar-refractivity contribution < 1.29 is 4.74 Å². The van der Waals surface area contributed by atoms with Crippen LogP contribution in [0, 0.1) is 6.92 Å². The first-order valence-electron chi connectivity index (χ1n) is 9.59. The van der Waals surface area contributed by atoms with Crippen LogP contribution in [-0.4, -0.2) is 29.1 Å². The number of hydrogen-bond donors (Lipinski definition) is 0. The Morgan fingerprint density at radius 1 is 1.15 bits per heavy atom. The van der Waals surface area contributed by atoms with Gasteiger partial charge in [0.05, 0.1) is 6.10 Å². The second-order valence-electron chi connectivity index (χ2n) is 7.41. The number of hydrogen-bond acceptors (Lipinski definition) is 3. The van der Waals surface area contributed by atoms with Gasteiger partial charge in [-0.15, -0.1) is 0 Å². The summed E-state index contributed by atoms with van der Waals surface area (Å²) in [6.45, 7) is 5.79. The Labute approximate surface area is 169 Å². The van der Waals surface area contributed by atoms with Gasteiger partial charge in [0.1, 0.15) is 0 Å². The fourth-order valence-electron chi connectivity index (χ4n) is 3.85. The summed E-state index contributed by atoms with van der Waals surface area (Å²) >= 11 is 3.75. The summed E-state index contributed by atoms with van der Waals surface area (Å²) in [6, 6.07) is 15.2. The third-order valence-corrected chi connectivity index (χ3v) is 5.99. The molecule has 3 nitrogen and oxygen atoms in total. The van der Waals surface area contributed by atoms with Gasteiger partial charge in [0.2, 0.25) is 0 Å². The maximum absolute atomic E-state index is 5.93. The minimum atomic E-state index is 0.339. The molecule has 1 aromatic heterocycles. The van der Waals surface area contributed by atoms with Gasteiger partial charge < -0.3 is 4.74 Å². The van der Waals surface area contributed by atoms with Gasteiger partial charge in [-0.1, -0.05) is 46.3 Å². The SMILES string of the molecule is Cc1ccc(CN(Cc2cccc3cnccc23)CC2CCCO2)c(Br)c1. The van der Waals surface area contributed by atoms with E-state index in [1.165, 1.54) is 38.4 Å². The Morgan fingerprint density at radius 2 is 2.04 bits per heavy atom. The maximum atomic E-state index is 5.93. The molecule has 0 spiro atoms.